The highest BCUT2D eigenvalue weighted by Gasteiger charge is 2.22. The van der Waals surface area contributed by atoms with Crippen molar-refractivity contribution in [3.63, 3.8) is 0 Å². The summed E-state index contributed by atoms with van der Waals surface area (Å²) in [5.41, 5.74) is 4.66. The van der Waals surface area contributed by atoms with Gasteiger partial charge in [0.05, 0.1) is 11.3 Å². The second-order valence-electron chi connectivity index (χ2n) is 6.29. The molecule has 1 N–H and O–H groups in total. The number of nitrogens with one attached hydrogen (secondary N) is 1. The zero-order valence-corrected chi connectivity index (χ0v) is 14.1. The van der Waals surface area contributed by atoms with Crippen LogP contribution in [0.4, 0.5) is 0 Å². The van der Waals surface area contributed by atoms with Crippen LogP contribution in [0.5, 0.6) is 0 Å². The standard InChI is InChI=1S/C19H19N5O/c1-13-15(5-3-8-21-13)11-24-9-6-17-16(12-24)19(25)23-18(22-17)14-4-2-7-20-10-14/h2-5,7-8,10H,6,9,11-12H2,1H3,(H,22,23,25). The molecule has 0 saturated heterocycles. The molecule has 3 aromatic heterocycles. The minimum Gasteiger partial charge on any atom is -0.306 e. The van der Waals surface area contributed by atoms with Crippen molar-refractivity contribution < 1.29 is 0 Å². The number of pyridine rings is 2. The van der Waals surface area contributed by atoms with E-state index < -0.39 is 0 Å². The number of aromatic nitrogens is 4. The molecule has 126 valence electrons. The van der Waals surface area contributed by atoms with Gasteiger partial charge in [-0.25, -0.2) is 4.98 Å². The van der Waals surface area contributed by atoms with E-state index in [1.807, 2.05) is 25.1 Å². The fourth-order valence-electron chi connectivity index (χ4n) is 3.18. The fourth-order valence-corrected chi connectivity index (χ4v) is 3.18. The van der Waals surface area contributed by atoms with Crippen LogP contribution >= 0.6 is 0 Å². The maximum atomic E-state index is 12.6. The quantitative estimate of drug-likeness (QED) is 0.794. The average molecular weight is 333 g/mol. The average Bonchev–Trinajstić information content (AvgIpc) is 2.65. The largest absolute Gasteiger partial charge is 0.306 e. The Morgan fingerprint density at radius 3 is 2.92 bits per heavy atom. The minimum absolute atomic E-state index is 0.0588. The highest BCUT2D eigenvalue weighted by Crippen LogP contribution is 2.20. The molecule has 0 aromatic carbocycles. The van der Waals surface area contributed by atoms with Crippen molar-refractivity contribution in [3.05, 3.63) is 75.7 Å². The summed E-state index contributed by atoms with van der Waals surface area (Å²) in [6.07, 6.45) is 5.99. The first-order chi connectivity index (χ1) is 12.2. The second kappa shape index (κ2) is 6.57. The van der Waals surface area contributed by atoms with E-state index in [0.717, 1.165) is 42.0 Å². The van der Waals surface area contributed by atoms with Crippen LogP contribution in [-0.4, -0.2) is 31.4 Å². The summed E-state index contributed by atoms with van der Waals surface area (Å²) in [5, 5.41) is 0. The lowest BCUT2D eigenvalue weighted by molar-refractivity contribution is 0.241. The van der Waals surface area contributed by atoms with E-state index in [1.165, 1.54) is 5.56 Å². The zero-order valence-electron chi connectivity index (χ0n) is 14.1. The van der Waals surface area contributed by atoms with E-state index in [0.29, 0.717) is 12.4 Å². The van der Waals surface area contributed by atoms with E-state index >= 15 is 0 Å². The van der Waals surface area contributed by atoms with Gasteiger partial charge < -0.3 is 4.98 Å². The van der Waals surface area contributed by atoms with Crippen LogP contribution in [0.1, 0.15) is 22.5 Å². The number of aryl methyl sites for hydroxylation is 1. The Balaban J connectivity index is 1.60. The van der Waals surface area contributed by atoms with Crippen LogP contribution in [0.3, 0.4) is 0 Å². The van der Waals surface area contributed by atoms with Crippen LogP contribution in [0.2, 0.25) is 0 Å². The van der Waals surface area contributed by atoms with Crippen molar-refractivity contribution in [3.8, 4) is 11.4 Å². The Morgan fingerprint density at radius 1 is 1.24 bits per heavy atom. The molecule has 4 rings (SSSR count). The first kappa shape index (κ1) is 15.7. The summed E-state index contributed by atoms with van der Waals surface area (Å²) in [4.78, 5) is 30.8. The molecule has 0 aliphatic carbocycles. The predicted octanol–water partition coefficient (Wildman–Crippen LogP) is 2.09. The maximum absolute atomic E-state index is 12.6. The van der Waals surface area contributed by atoms with Gasteiger partial charge in [0.25, 0.3) is 5.56 Å². The Hall–Kier alpha value is -2.86. The van der Waals surface area contributed by atoms with Crippen LogP contribution < -0.4 is 5.56 Å². The molecule has 0 atom stereocenters. The molecule has 0 saturated carbocycles. The molecule has 6 nitrogen and oxygen atoms in total. The lowest BCUT2D eigenvalue weighted by atomic mass is 10.1. The van der Waals surface area contributed by atoms with Crippen molar-refractivity contribution in [1.82, 2.24) is 24.8 Å². The van der Waals surface area contributed by atoms with Gasteiger partial charge in [0.15, 0.2) is 0 Å². The van der Waals surface area contributed by atoms with Gasteiger partial charge in [0.1, 0.15) is 5.82 Å². The highest BCUT2D eigenvalue weighted by atomic mass is 16.1. The summed E-state index contributed by atoms with van der Waals surface area (Å²) < 4.78 is 0. The van der Waals surface area contributed by atoms with E-state index in [9.17, 15) is 4.79 Å². The summed E-state index contributed by atoms with van der Waals surface area (Å²) in [6.45, 7) is 4.30. The number of aromatic amines is 1. The monoisotopic (exact) mass is 333 g/mol. The van der Waals surface area contributed by atoms with Crippen LogP contribution in [0, 0.1) is 6.92 Å². The van der Waals surface area contributed by atoms with Crippen molar-refractivity contribution in [2.75, 3.05) is 6.54 Å². The Kier molecular flexibility index (Phi) is 4.11. The third-order valence-electron chi connectivity index (χ3n) is 4.59. The zero-order chi connectivity index (χ0) is 17.2. The number of rotatable bonds is 3. The Bertz CT molecular complexity index is 952. The minimum atomic E-state index is -0.0588. The van der Waals surface area contributed by atoms with Gasteiger partial charge in [-0.15, -0.1) is 0 Å². The summed E-state index contributed by atoms with van der Waals surface area (Å²) >= 11 is 0. The molecule has 0 amide bonds. The fraction of sp³-hybridized carbons (Fsp3) is 0.263. The molecular formula is C19H19N5O. The van der Waals surface area contributed by atoms with E-state index in [-0.39, 0.29) is 5.56 Å². The first-order valence-electron chi connectivity index (χ1n) is 8.36. The van der Waals surface area contributed by atoms with Gasteiger partial charge in [-0.1, -0.05) is 6.07 Å². The first-order valence-corrected chi connectivity index (χ1v) is 8.36. The normalized spacial score (nSPS) is 14.3. The molecule has 25 heavy (non-hydrogen) atoms. The van der Waals surface area contributed by atoms with Crippen LogP contribution in [-0.2, 0) is 19.5 Å². The predicted molar refractivity (Wildman–Crippen MR) is 94.9 cm³/mol. The molecule has 4 heterocycles. The highest BCUT2D eigenvalue weighted by molar-refractivity contribution is 5.53. The molecule has 1 aliphatic heterocycles. The molecule has 0 spiro atoms. The number of hydrogen-bond acceptors (Lipinski definition) is 5. The third kappa shape index (κ3) is 3.21. The van der Waals surface area contributed by atoms with E-state index in [4.69, 9.17) is 0 Å². The molecule has 6 heteroatoms. The lowest BCUT2D eigenvalue weighted by Gasteiger charge is -2.28. The van der Waals surface area contributed by atoms with Gasteiger partial charge in [0, 0.05) is 55.9 Å². The molecule has 1 aliphatic rings. The van der Waals surface area contributed by atoms with Crippen molar-refractivity contribution in [2.45, 2.75) is 26.4 Å². The lowest BCUT2D eigenvalue weighted by Crippen LogP contribution is -2.35. The summed E-state index contributed by atoms with van der Waals surface area (Å²) in [6, 6.07) is 7.78. The molecule has 0 radical (unpaired) electrons. The summed E-state index contributed by atoms with van der Waals surface area (Å²) in [5.74, 6) is 0.591. The van der Waals surface area contributed by atoms with Crippen molar-refractivity contribution >= 4 is 0 Å². The number of nitrogens with zero attached hydrogens (tertiary/aromatic N) is 4. The van der Waals surface area contributed by atoms with E-state index in [2.05, 4.69) is 30.9 Å². The smallest absolute Gasteiger partial charge is 0.255 e. The van der Waals surface area contributed by atoms with Gasteiger partial charge in [-0.3, -0.25) is 19.7 Å². The molecule has 0 fully saturated rings. The summed E-state index contributed by atoms with van der Waals surface area (Å²) in [7, 11) is 0. The number of fused-ring (bicyclic) bond motifs is 1. The van der Waals surface area contributed by atoms with Crippen LogP contribution in [0.25, 0.3) is 11.4 Å². The van der Waals surface area contributed by atoms with Gasteiger partial charge in [-0.05, 0) is 30.7 Å². The third-order valence-corrected chi connectivity index (χ3v) is 4.59. The van der Waals surface area contributed by atoms with Gasteiger partial charge in [0.2, 0.25) is 0 Å². The van der Waals surface area contributed by atoms with E-state index in [1.54, 1.807) is 18.6 Å². The van der Waals surface area contributed by atoms with Crippen molar-refractivity contribution in [1.29, 1.82) is 0 Å². The second-order valence-corrected chi connectivity index (χ2v) is 6.29. The Labute approximate surface area is 145 Å². The SMILES string of the molecule is Cc1ncccc1CN1CCc2nc(-c3cccnc3)[nH]c(=O)c2C1. The topological polar surface area (TPSA) is 74.8 Å². The maximum Gasteiger partial charge on any atom is 0.255 e. The van der Waals surface area contributed by atoms with Gasteiger partial charge >= 0.3 is 0 Å². The Morgan fingerprint density at radius 2 is 2.12 bits per heavy atom. The molecule has 0 unspecified atom stereocenters. The van der Waals surface area contributed by atoms with Crippen molar-refractivity contribution in [2.24, 2.45) is 0 Å². The molecule has 3 aromatic rings. The molecule has 0 bridgehead atoms. The molecular weight excluding hydrogens is 314 g/mol. The van der Waals surface area contributed by atoms with Crippen LogP contribution in [0.15, 0.2) is 47.7 Å². The van der Waals surface area contributed by atoms with Gasteiger partial charge in [-0.2, -0.15) is 0 Å². The number of H-pyrrole nitrogens is 1. The number of hydrogen-bond donors (Lipinski definition) is 1.